The van der Waals surface area contributed by atoms with E-state index in [0.29, 0.717) is 5.69 Å². The van der Waals surface area contributed by atoms with E-state index in [0.717, 1.165) is 16.8 Å². The molecule has 0 bridgehead atoms. The van der Waals surface area contributed by atoms with E-state index in [9.17, 15) is 0 Å². The van der Waals surface area contributed by atoms with Crippen LogP contribution in [0.25, 0.3) is 11.3 Å². The van der Waals surface area contributed by atoms with Crippen molar-refractivity contribution in [3.63, 3.8) is 0 Å². The maximum atomic E-state index is 5.66. The van der Waals surface area contributed by atoms with Crippen LogP contribution in [0.5, 0.6) is 0 Å². The van der Waals surface area contributed by atoms with Crippen molar-refractivity contribution in [2.75, 3.05) is 5.73 Å². The molecule has 0 saturated carbocycles. The third-order valence-electron chi connectivity index (χ3n) is 1.97. The van der Waals surface area contributed by atoms with Crippen molar-refractivity contribution >= 4 is 5.69 Å². The Balaban J connectivity index is 2.49. The molecule has 0 aliphatic carbocycles. The second kappa shape index (κ2) is 2.94. The number of nitrogens with zero attached hydrogens (tertiary/aromatic N) is 1. The number of hydrogen-bond donors (Lipinski definition) is 1. The second-order valence-corrected chi connectivity index (χ2v) is 2.94. The van der Waals surface area contributed by atoms with Gasteiger partial charge in [-0.05, 0) is 24.6 Å². The van der Waals surface area contributed by atoms with Crippen molar-refractivity contribution < 1.29 is 4.42 Å². The molecule has 3 heteroatoms. The molecule has 0 amide bonds. The highest BCUT2D eigenvalue weighted by Gasteiger charge is 2.01. The Kier molecular flexibility index (Phi) is 1.77. The number of hydrogen-bond acceptors (Lipinski definition) is 3. The van der Waals surface area contributed by atoms with Gasteiger partial charge >= 0.3 is 0 Å². The fourth-order valence-electron chi connectivity index (χ4n) is 1.13. The Morgan fingerprint density at radius 1 is 1.46 bits per heavy atom. The zero-order valence-corrected chi connectivity index (χ0v) is 7.32. The lowest BCUT2D eigenvalue weighted by molar-refractivity contribution is 0.568. The van der Waals surface area contributed by atoms with Crippen LogP contribution >= 0.6 is 0 Å². The minimum Gasteiger partial charge on any atom is -0.472 e. The summed E-state index contributed by atoms with van der Waals surface area (Å²) >= 11 is 0. The molecule has 0 unspecified atom stereocenters. The van der Waals surface area contributed by atoms with Gasteiger partial charge in [-0.15, -0.1) is 0 Å². The molecule has 3 nitrogen and oxygen atoms in total. The topological polar surface area (TPSA) is 52.0 Å². The lowest BCUT2D eigenvalue weighted by Crippen LogP contribution is -1.91. The number of nitrogen functional groups attached to an aromatic ring is 1. The molecule has 13 heavy (non-hydrogen) atoms. The van der Waals surface area contributed by atoms with Crippen LogP contribution in [-0.2, 0) is 0 Å². The first-order valence-electron chi connectivity index (χ1n) is 4.02. The van der Waals surface area contributed by atoms with E-state index in [2.05, 4.69) is 4.98 Å². The maximum Gasteiger partial charge on any atom is 0.0996 e. The van der Waals surface area contributed by atoms with Crippen LogP contribution in [0.1, 0.15) is 5.56 Å². The van der Waals surface area contributed by atoms with Crippen LogP contribution in [0.3, 0.4) is 0 Å². The van der Waals surface area contributed by atoms with E-state index in [4.69, 9.17) is 10.2 Å². The van der Waals surface area contributed by atoms with Gasteiger partial charge in [0.15, 0.2) is 0 Å². The van der Waals surface area contributed by atoms with Gasteiger partial charge in [-0.25, -0.2) is 0 Å². The Hall–Kier alpha value is -1.77. The molecule has 0 spiro atoms. The maximum absolute atomic E-state index is 5.66. The van der Waals surface area contributed by atoms with E-state index in [1.807, 2.05) is 19.1 Å². The monoisotopic (exact) mass is 174 g/mol. The highest BCUT2D eigenvalue weighted by atomic mass is 16.3. The third kappa shape index (κ3) is 1.40. The Bertz CT molecular complexity index is 407. The Morgan fingerprint density at radius 2 is 2.31 bits per heavy atom. The molecule has 0 saturated heterocycles. The molecule has 0 radical (unpaired) electrons. The molecule has 0 aliphatic heterocycles. The first-order valence-corrected chi connectivity index (χ1v) is 4.02. The van der Waals surface area contributed by atoms with Crippen LogP contribution < -0.4 is 5.73 Å². The molecule has 0 atom stereocenters. The number of aryl methyl sites for hydroxylation is 1. The number of rotatable bonds is 1. The standard InChI is InChI=1S/C10H10N2O/c1-7-4-10(12-5-9(7)11)8-2-3-13-6-8/h2-6H,11H2,1H3. The van der Waals surface area contributed by atoms with Gasteiger partial charge in [-0.1, -0.05) is 0 Å². The van der Waals surface area contributed by atoms with E-state index >= 15 is 0 Å². The molecule has 2 heterocycles. The molecule has 2 rings (SSSR count). The van der Waals surface area contributed by atoms with Gasteiger partial charge in [-0.3, -0.25) is 4.98 Å². The van der Waals surface area contributed by atoms with Gasteiger partial charge < -0.3 is 10.2 Å². The van der Waals surface area contributed by atoms with Crippen LogP contribution in [-0.4, -0.2) is 4.98 Å². The zero-order valence-electron chi connectivity index (χ0n) is 7.32. The van der Waals surface area contributed by atoms with E-state index in [-0.39, 0.29) is 0 Å². The molecular weight excluding hydrogens is 164 g/mol. The number of anilines is 1. The van der Waals surface area contributed by atoms with Crippen LogP contribution in [0, 0.1) is 6.92 Å². The molecule has 0 fully saturated rings. The highest BCUT2D eigenvalue weighted by molar-refractivity contribution is 5.61. The van der Waals surface area contributed by atoms with E-state index in [1.54, 1.807) is 18.7 Å². The average Bonchev–Trinajstić information content (AvgIpc) is 2.62. The lowest BCUT2D eigenvalue weighted by atomic mass is 10.1. The van der Waals surface area contributed by atoms with Crippen LogP contribution in [0.2, 0.25) is 0 Å². The summed E-state index contributed by atoms with van der Waals surface area (Å²) in [4.78, 5) is 4.20. The predicted octanol–water partition coefficient (Wildman–Crippen LogP) is 2.23. The van der Waals surface area contributed by atoms with E-state index < -0.39 is 0 Å². The van der Waals surface area contributed by atoms with Gasteiger partial charge in [0.25, 0.3) is 0 Å². The summed E-state index contributed by atoms with van der Waals surface area (Å²) in [6.07, 6.45) is 4.96. The van der Waals surface area contributed by atoms with Crippen molar-refractivity contribution in [2.24, 2.45) is 0 Å². The Labute approximate surface area is 76.2 Å². The summed E-state index contributed by atoms with van der Waals surface area (Å²) < 4.78 is 4.97. The first kappa shape index (κ1) is 7.86. The summed E-state index contributed by atoms with van der Waals surface area (Å²) in [5, 5.41) is 0. The van der Waals surface area contributed by atoms with Crippen molar-refractivity contribution in [1.29, 1.82) is 0 Å². The smallest absolute Gasteiger partial charge is 0.0996 e. The van der Waals surface area contributed by atoms with Gasteiger partial charge in [0.1, 0.15) is 0 Å². The quantitative estimate of drug-likeness (QED) is 0.721. The van der Waals surface area contributed by atoms with Gasteiger partial charge in [0, 0.05) is 5.56 Å². The molecular formula is C10H10N2O. The van der Waals surface area contributed by atoms with Gasteiger partial charge in [0.05, 0.1) is 30.1 Å². The second-order valence-electron chi connectivity index (χ2n) is 2.94. The van der Waals surface area contributed by atoms with Gasteiger partial charge in [0.2, 0.25) is 0 Å². The van der Waals surface area contributed by atoms with Crippen LogP contribution in [0.15, 0.2) is 35.3 Å². The summed E-state index contributed by atoms with van der Waals surface area (Å²) in [7, 11) is 0. The molecule has 0 aliphatic rings. The largest absolute Gasteiger partial charge is 0.472 e. The third-order valence-corrected chi connectivity index (χ3v) is 1.97. The molecule has 0 aromatic carbocycles. The van der Waals surface area contributed by atoms with E-state index in [1.165, 1.54) is 0 Å². The molecule has 2 aromatic rings. The SMILES string of the molecule is Cc1cc(-c2ccoc2)ncc1N. The Morgan fingerprint density at radius 3 is 2.92 bits per heavy atom. The lowest BCUT2D eigenvalue weighted by Gasteiger charge is -2.00. The van der Waals surface area contributed by atoms with Crippen LogP contribution in [0.4, 0.5) is 5.69 Å². The zero-order chi connectivity index (χ0) is 9.26. The summed E-state index contributed by atoms with van der Waals surface area (Å²) in [5.41, 5.74) is 9.27. The number of furan rings is 1. The number of pyridine rings is 1. The molecule has 66 valence electrons. The predicted molar refractivity (Wildman–Crippen MR) is 51.1 cm³/mol. The highest BCUT2D eigenvalue weighted by Crippen LogP contribution is 2.20. The fraction of sp³-hybridized carbons (Fsp3) is 0.100. The van der Waals surface area contributed by atoms with Crippen molar-refractivity contribution in [3.8, 4) is 11.3 Å². The summed E-state index contributed by atoms with van der Waals surface area (Å²) in [6, 6.07) is 3.82. The van der Waals surface area contributed by atoms with Crippen molar-refractivity contribution in [3.05, 3.63) is 36.4 Å². The number of aromatic nitrogens is 1. The first-order chi connectivity index (χ1) is 6.27. The number of nitrogens with two attached hydrogens (primary N) is 1. The summed E-state index contributed by atoms with van der Waals surface area (Å²) in [6.45, 7) is 1.96. The minimum absolute atomic E-state index is 0.715. The van der Waals surface area contributed by atoms with Crippen molar-refractivity contribution in [2.45, 2.75) is 6.92 Å². The van der Waals surface area contributed by atoms with Crippen molar-refractivity contribution in [1.82, 2.24) is 4.98 Å². The molecule has 2 aromatic heterocycles. The normalized spacial score (nSPS) is 10.2. The fourth-order valence-corrected chi connectivity index (χ4v) is 1.13. The minimum atomic E-state index is 0.715. The average molecular weight is 174 g/mol. The van der Waals surface area contributed by atoms with Gasteiger partial charge in [-0.2, -0.15) is 0 Å². The molecule has 2 N–H and O–H groups in total. The summed E-state index contributed by atoms with van der Waals surface area (Å²) in [5.74, 6) is 0.